The summed E-state index contributed by atoms with van der Waals surface area (Å²) in [7, 11) is 0. The van der Waals surface area contributed by atoms with Gasteiger partial charge in [0.15, 0.2) is 11.6 Å². The Kier molecular flexibility index (Phi) is 3.63. The smallest absolute Gasteiger partial charge is 0.241 e. The standard InChI is InChI=1S/C29H20N6/c1-19-16-17-24-25(18-19)34-23-15-9-8-14-22(23)30-29(34)35(24)28-32-26(20-10-4-2-5-11-20)31-27(33-28)21-12-6-3-7-13-21/h2-18H,1H3/i1D3. The normalized spacial score (nSPS) is 13.2. The van der Waals surface area contributed by atoms with E-state index in [0.717, 1.165) is 27.7 Å². The van der Waals surface area contributed by atoms with Crippen LogP contribution in [0.15, 0.2) is 103 Å². The molecule has 6 heteroatoms. The van der Waals surface area contributed by atoms with E-state index in [1.165, 1.54) is 0 Å². The lowest BCUT2D eigenvalue weighted by Gasteiger charge is -2.09. The fourth-order valence-electron chi connectivity index (χ4n) is 4.49. The zero-order valence-corrected chi connectivity index (χ0v) is 18.5. The maximum Gasteiger partial charge on any atom is 0.241 e. The summed E-state index contributed by atoms with van der Waals surface area (Å²) >= 11 is 0. The quantitative estimate of drug-likeness (QED) is 0.316. The fraction of sp³-hybridized carbons (Fsp3) is 0.0345. The van der Waals surface area contributed by atoms with E-state index >= 15 is 0 Å². The monoisotopic (exact) mass is 455 g/mol. The maximum atomic E-state index is 7.97. The first-order chi connectivity index (χ1) is 18.5. The highest BCUT2D eigenvalue weighted by atomic mass is 15.3. The number of benzene rings is 4. The molecule has 166 valence electrons. The van der Waals surface area contributed by atoms with Crippen molar-refractivity contribution in [3.05, 3.63) is 109 Å². The fourth-order valence-corrected chi connectivity index (χ4v) is 4.49. The molecule has 35 heavy (non-hydrogen) atoms. The van der Waals surface area contributed by atoms with Crippen LogP contribution in [0.25, 0.3) is 56.6 Å². The zero-order chi connectivity index (χ0) is 25.9. The largest absolute Gasteiger partial charge is 0.276 e. The lowest BCUT2D eigenvalue weighted by Crippen LogP contribution is -2.06. The Labute approximate surface area is 205 Å². The molecule has 0 radical (unpaired) electrons. The molecule has 0 aliphatic rings. The predicted molar refractivity (Wildman–Crippen MR) is 139 cm³/mol. The zero-order valence-electron chi connectivity index (χ0n) is 21.5. The van der Waals surface area contributed by atoms with Gasteiger partial charge in [-0.3, -0.25) is 4.40 Å². The molecular weight excluding hydrogens is 432 g/mol. The molecule has 4 aromatic carbocycles. The van der Waals surface area contributed by atoms with E-state index in [0.29, 0.717) is 28.9 Å². The van der Waals surface area contributed by atoms with Gasteiger partial charge in [-0.15, -0.1) is 0 Å². The Hall–Kier alpha value is -4.84. The maximum absolute atomic E-state index is 7.97. The van der Waals surface area contributed by atoms with Crippen LogP contribution >= 0.6 is 0 Å². The lowest BCUT2D eigenvalue weighted by atomic mass is 10.2. The average Bonchev–Trinajstić information content (AvgIpc) is 3.47. The number of rotatable bonds is 3. The van der Waals surface area contributed by atoms with Crippen molar-refractivity contribution in [1.29, 1.82) is 0 Å². The molecule has 6 nitrogen and oxygen atoms in total. The van der Waals surface area contributed by atoms with Gasteiger partial charge in [0.05, 0.1) is 22.1 Å². The van der Waals surface area contributed by atoms with Crippen LogP contribution in [0.2, 0.25) is 0 Å². The summed E-state index contributed by atoms with van der Waals surface area (Å²) in [4.78, 5) is 19.5. The number of aromatic nitrogens is 6. The van der Waals surface area contributed by atoms with Crippen molar-refractivity contribution >= 4 is 27.8 Å². The summed E-state index contributed by atoms with van der Waals surface area (Å²) in [5.74, 6) is 2.05. The average molecular weight is 456 g/mol. The van der Waals surface area contributed by atoms with E-state index in [9.17, 15) is 0 Å². The molecule has 3 heterocycles. The van der Waals surface area contributed by atoms with E-state index in [2.05, 4.69) is 0 Å². The summed E-state index contributed by atoms with van der Waals surface area (Å²) in [6.07, 6.45) is 0. The molecule has 0 saturated heterocycles. The number of imidazole rings is 2. The third-order valence-corrected chi connectivity index (χ3v) is 6.09. The van der Waals surface area contributed by atoms with Crippen molar-refractivity contribution in [3.63, 3.8) is 0 Å². The van der Waals surface area contributed by atoms with Crippen molar-refractivity contribution < 1.29 is 4.11 Å². The van der Waals surface area contributed by atoms with Crippen molar-refractivity contribution in [3.8, 4) is 28.7 Å². The summed E-state index contributed by atoms with van der Waals surface area (Å²) in [5, 5.41) is 0. The molecule has 0 amide bonds. The second kappa shape index (κ2) is 7.60. The molecule has 0 unspecified atom stereocenters. The summed E-state index contributed by atoms with van der Waals surface area (Å²) in [6, 6.07) is 32.4. The summed E-state index contributed by atoms with van der Waals surface area (Å²) in [5.41, 5.74) is 5.10. The van der Waals surface area contributed by atoms with Gasteiger partial charge in [-0.1, -0.05) is 78.9 Å². The molecule has 0 spiro atoms. The Balaban J connectivity index is 1.59. The molecule has 0 aliphatic carbocycles. The Bertz CT molecular complexity index is 1900. The van der Waals surface area contributed by atoms with Crippen LogP contribution in [0.3, 0.4) is 0 Å². The number of fused-ring (bicyclic) bond motifs is 5. The highest BCUT2D eigenvalue weighted by Gasteiger charge is 2.20. The van der Waals surface area contributed by atoms with Gasteiger partial charge >= 0.3 is 0 Å². The van der Waals surface area contributed by atoms with Crippen LogP contribution in [0.4, 0.5) is 0 Å². The molecule has 0 bridgehead atoms. The Morgan fingerprint density at radius 2 is 1.26 bits per heavy atom. The van der Waals surface area contributed by atoms with Gasteiger partial charge in [0.25, 0.3) is 0 Å². The molecule has 0 saturated carbocycles. The van der Waals surface area contributed by atoms with Gasteiger partial charge in [-0.25, -0.2) is 14.5 Å². The minimum absolute atomic E-state index is 0.257. The van der Waals surface area contributed by atoms with Crippen molar-refractivity contribution in [2.45, 2.75) is 6.85 Å². The molecule has 3 aromatic heterocycles. The van der Waals surface area contributed by atoms with E-state index in [1.807, 2.05) is 93.9 Å². The molecule has 0 aliphatic heterocycles. The summed E-state index contributed by atoms with van der Waals surface area (Å²) in [6.45, 7) is -2.24. The first-order valence-corrected chi connectivity index (χ1v) is 11.3. The molecule has 7 aromatic rings. The van der Waals surface area contributed by atoms with E-state index < -0.39 is 6.85 Å². The molecule has 7 rings (SSSR count). The van der Waals surface area contributed by atoms with E-state index in [1.54, 1.807) is 18.2 Å². The Morgan fingerprint density at radius 1 is 0.600 bits per heavy atom. The van der Waals surface area contributed by atoms with Crippen molar-refractivity contribution in [1.82, 2.24) is 28.9 Å². The first-order valence-electron chi connectivity index (χ1n) is 12.8. The first kappa shape index (κ1) is 16.7. The van der Waals surface area contributed by atoms with Gasteiger partial charge in [0.2, 0.25) is 11.7 Å². The second-order valence-electron chi connectivity index (χ2n) is 8.29. The number of hydrogen-bond acceptors (Lipinski definition) is 4. The predicted octanol–water partition coefficient (Wildman–Crippen LogP) is 6.26. The van der Waals surface area contributed by atoms with Crippen LogP contribution in [0, 0.1) is 6.85 Å². The van der Waals surface area contributed by atoms with Gasteiger partial charge in [-0.05, 0) is 36.7 Å². The van der Waals surface area contributed by atoms with Crippen molar-refractivity contribution in [2.75, 3.05) is 0 Å². The Morgan fingerprint density at radius 3 is 1.94 bits per heavy atom. The van der Waals surface area contributed by atoms with Gasteiger partial charge < -0.3 is 0 Å². The third-order valence-electron chi connectivity index (χ3n) is 6.09. The number of hydrogen-bond donors (Lipinski definition) is 0. The minimum Gasteiger partial charge on any atom is -0.276 e. The van der Waals surface area contributed by atoms with Gasteiger partial charge in [0, 0.05) is 15.2 Å². The minimum atomic E-state index is -2.24. The molecule has 0 atom stereocenters. The molecular formula is C29H20N6. The van der Waals surface area contributed by atoms with Crippen molar-refractivity contribution in [2.24, 2.45) is 0 Å². The molecule has 0 fully saturated rings. The third kappa shape index (κ3) is 3.11. The number of para-hydroxylation sites is 2. The van der Waals surface area contributed by atoms with E-state index in [-0.39, 0.29) is 5.56 Å². The van der Waals surface area contributed by atoms with Crippen LogP contribution in [0.5, 0.6) is 0 Å². The second-order valence-corrected chi connectivity index (χ2v) is 8.29. The number of nitrogens with zero attached hydrogens (tertiary/aromatic N) is 6. The van der Waals surface area contributed by atoms with Gasteiger partial charge in [-0.2, -0.15) is 9.97 Å². The van der Waals surface area contributed by atoms with Crippen LogP contribution < -0.4 is 0 Å². The number of aryl methyl sites for hydroxylation is 1. The highest BCUT2D eigenvalue weighted by molar-refractivity contribution is 5.92. The highest BCUT2D eigenvalue weighted by Crippen LogP contribution is 2.30. The van der Waals surface area contributed by atoms with Crippen LogP contribution in [-0.2, 0) is 0 Å². The van der Waals surface area contributed by atoms with Crippen LogP contribution in [-0.4, -0.2) is 28.9 Å². The molecule has 0 N–H and O–H groups in total. The van der Waals surface area contributed by atoms with E-state index in [4.69, 9.17) is 24.0 Å². The lowest BCUT2D eigenvalue weighted by molar-refractivity contribution is 0.937. The SMILES string of the molecule is [2H]C([2H])([2H])c1ccc2c(c1)n1c3ccccc3nc1n2-c1nc(-c2ccccc2)nc(-c2ccccc2)n1. The van der Waals surface area contributed by atoms with Crippen LogP contribution in [0.1, 0.15) is 9.68 Å². The topological polar surface area (TPSA) is 60.9 Å². The summed E-state index contributed by atoms with van der Waals surface area (Å²) < 4.78 is 27.7. The van der Waals surface area contributed by atoms with Gasteiger partial charge in [0.1, 0.15) is 0 Å².